The Bertz CT molecular complexity index is 1050. The van der Waals surface area contributed by atoms with Crippen LogP contribution < -0.4 is 5.32 Å². The largest absolute Gasteiger partial charge is 0.508 e. The number of nitrogens with one attached hydrogen (secondary N) is 1. The number of hydrogen-bond acceptors (Lipinski definition) is 3. The second-order valence-electron chi connectivity index (χ2n) is 8.64. The number of amides is 1. The molecule has 1 heterocycles. The fourth-order valence-electron chi connectivity index (χ4n) is 4.79. The third-order valence-electron chi connectivity index (χ3n) is 6.65. The first-order valence-electron chi connectivity index (χ1n) is 11.3. The summed E-state index contributed by atoms with van der Waals surface area (Å²) in [6.45, 7) is 6.45. The van der Waals surface area contributed by atoms with E-state index < -0.39 is 0 Å². The summed E-state index contributed by atoms with van der Waals surface area (Å²) >= 11 is 0. The van der Waals surface area contributed by atoms with Gasteiger partial charge in [0.1, 0.15) is 5.75 Å². The molecule has 0 aliphatic carbocycles. The highest BCUT2D eigenvalue weighted by atomic mass is 16.3. The number of hydrogen-bond donors (Lipinski definition) is 2. The quantitative estimate of drug-likeness (QED) is 0.571. The van der Waals surface area contributed by atoms with Crippen LogP contribution in [-0.2, 0) is 11.3 Å². The Hall–Kier alpha value is -2.85. The lowest BCUT2D eigenvalue weighted by Gasteiger charge is -2.37. The molecule has 1 amide bonds. The van der Waals surface area contributed by atoms with Crippen molar-refractivity contribution in [3.8, 4) is 5.75 Å². The molecule has 0 aromatic heterocycles. The van der Waals surface area contributed by atoms with Crippen LogP contribution in [0, 0.1) is 12.8 Å². The van der Waals surface area contributed by atoms with Gasteiger partial charge in [0.15, 0.2) is 0 Å². The van der Waals surface area contributed by atoms with Crippen LogP contribution in [0.1, 0.15) is 48.9 Å². The molecule has 0 bridgehead atoms. The van der Waals surface area contributed by atoms with E-state index in [2.05, 4.69) is 59.6 Å². The van der Waals surface area contributed by atoms with Gasteiger partial charge in [0, 0.05) is 18.5 Å². The van der Waals surface area contributed by atoms with Crippen LogP contribution in [0.25, 0.3) is 10.8 Å². The van der Waals surface area contributed by atoms with Crippen LogP contribution in [0.2, 0.25) is 0 Å². The van der Waals surface area contributed by atoms with Gasteiger partial charge in [-0.1, -0.05) is 61.5 Å². The predicted octanol–water partition coefficient (Wildman–Crippen LogP) is 5.33. The summed E-state index contributed by atoms with van der Waals surface area (Å²) in [5.74, 6) is 0.456. The zero-order valence-corrected chi connectivity index (χ0v) is 18.5. The fraction of sp³-hybridized carbons (Fsp3) is 0.370. The standard InChI is InChI=1S/C27H32N2O2/c1-3-25(24-10-6-8-21-7-4-5-9-23(21)24)29-15-13-22(14-16-29)27(31)28-18-20-12-11-19(2)26(30)17-20/h4-12,17,22,25,30H,3,13-16,18H2,1-2H3,(H,28,31). The zero-order valence-electron chi connectivity index (χ0n) is 18.5. The first kappa shape index (κ1) is 21.4. The molecule has 0 saturated carbocycles. The van der Waals surface area contributed by atoms with Crippen molar-refractivity contribution in [2.45, 2.75) is 45.7 Å². The molecular weight excluding hydrogens is 384 g/mol. The van der Waals surface area contributed by atoms with Gasteiger partial charge in [-0.15, -0.1) is 0 Å². The minimum absolute atomic E-state index is 0.0559. The van der Waals surface area contributed by atoms with Gasteiger partial charge >= 0.3 is 0 Å². The van der Waals surface area contributed by atoms with Gasteiger partial charge in [-0.2, -0.15) is 0 Å². The number of aryl methyl sites for hydroxylation is 1. The van der Waals surface area contributed by atoms with Crippen LogP contribution in [0.15, 0.2) is 60.7 Å². The Morgan fingerprint density at radius 3 is 2.58 bits per heavy atom. The van der Waals surface area contributed by atoms with E-state index in [9.17, 15) is 9.90 Å². The smallest absolute Gasteiger partial charge is 0.223 e. The number of carbonyl (C=O) groups excluding carboxylic acids is 1. The number of benzene rings is 3. The van der Waals surface area contributed by atoms with Gasteiger partial charge in [-0.3, -0.25) is 9.69 Å². The summed E-state index contributed by atoms with van der Waals surface area (Å²) in [4.78, 5) is 15.3. The molecule has 3 aromatic rings. The number of phenolic OH excluding ortho intramolecular Hbond substituents is 1. The van der Waals surface area contributed by atoms with Gasteiger partial charge in [0.2, 0.25) is 5.91 Å². The lowest BCUT2D eigenvalue weighted by molar-refractivity contribution is -0.126. The molecule has 4 nitrogen and oxygen atoms in total. The van der Waals surface area contributed by atoms with Crippen molar-refractivity contribution in [3.05, 3.63) is 77.4 Å². The Kier molecular flexibility index (Phi) is 6.57. The molecule has 31 heavy (non-hydrogen) atoms. The summed E-state index contributed by atoms with van der Waals surface area (Å²) in [6, 6.07) is 21.1. The minimum atomic E-state index is 0.0559. The first-order chi connectivity index (χ1) is 15.1. The topological polar surface area (TPSA) is 52.6 Å². The van der Waals surface area contributed by atoms with E-state index in [-0.39, 0.29) is 17.6 Å². The van der Waals surface area contributed by atoms with E-state index in [1.54, 1.807) is 6.07 Å². The number of carbonyl (C=O) groups is 1. The fourth-order valence-corrected chi connectivity index (χ4v) is 4.79. The molecule has 1 saturated heterocycles. The lowest BCUT2D eigenvalue weighted by atomic mass is 9.91. The number of phenols is 1. The number of piperidine rings is 1. The average molecular weight is 417 g/mol. The summed E-state index contributed by atoms with van der Waals surface area (Å²) in [5, 5.41) is 15.5. The summed E-state index contributed by atoms with van der Waals surface area (Å²) in [7, 11) is 0. The molecule has 4 heteroatoms. The van der Waals surface area contributed by atoms with Gasteiger partial charge < -0.3 is 10.4 Å². The highest BCUT2D eigenvalue weighted by Gasteiger charge is 2.29. The Balaban J connectivity index is 1.37. The summed E-state index contributed by atoms with van der Waals surface area (Å²) in [6.07, 6.45) is 2.82. The average Bonchev–Trinajstić information content (AvgIpc) is 2.81. The van der Waals surface area contributed by atoms with Crippen molar-refractivity contribution < 1.29 is 9.90 Å². The first-order valence-corrected chi connectivity index (χ1v) is 11.3. The van der Waals surface area contributed by atoms with Crippen LogP contribution in [0.4, 0.5) is 0 Å². The Morgan fingerprint density at radius 1 is 1.10 bits per heavy atom. The molecule has 1 fully saturated rings. The molecule has 1 atom stereocenters. The van der Waals surface area contributed by atoms with Crippen LogP contribution in [0.5, 0.6) is 5.75 Å². The maximum Gasteiger partial charge on any atom is 0.223 e. The van der Waals surface area contributed by atoms with Crippen molar-refractivity contribution in [2.24, 2.45) is 5.92 Å². The van der Waals surface area contributed by atoms with E-state index in [0.29, 0.717) is 12.6 Å². The minimum Gasteiger partial charge on any atom is -0.508 e. The Morgan fingerprint density at radius 2 is 1.84 bits per heavy atom. The van der Waals surface area contributed by atoms with E-state index >= 15 is 0 Å². The maximum absolute atomic E-state index is 12.7. The van der Waals surface area contributed by atoms with Gasteiger partial charge in [-0.05, 0) is 72.8 Å². The molecule has 3 aromatic carbocycles. The van der Waals surface area contributed by atoms with Gasteiger partial charge in [-0.25, -0.2) is 0 Å². The highest BCUT2D eigenvalue weighted by Crippen LogP contribution is 2.33. The number of rotatable bonds is 6. The second kappa shape index (κ2) is 9.52. The second-order valence-corrected chi connectivity index (χ2v) is 8.64. The van der Waals surface area contributed by atoms with E-state index in [1.807, 2.05) is 19.1 Å². The Labute approximate surface area is 184 Å². The van der Waals surface area contributed by atoms with E-state index in [1.165, 1.54) is 16.3 Å². The van der Waals surface area contributed by atoms with E-state index in [0.717, 1.165) is 43.5 Å². The van der Waals surface area contributed by atoms with Crippen molar-refractivity contribution in [2.75, 3.05) is 13.1 Å². The summed E-state index contributed by atoms with van der Waals surface area (Å²) in [5.41, 5.74) is 3.16. The van der Waals surface area contributed by atoms with Crippen LogP contribution >= 0.6 is 0 Å². The molecule has 0 spiro atoms. The third-order valence-corrected chi connectivity index (χ3v) is 6.65. The maximum atomic E-state index is 12.7. The lowest BCUT2D eigenvalue weighted by Crippen LogP contribution is -2.41. The van der Waals surface area contributed by atoms with Crippen LogP contribution in [-0.4, -0.2) is 29.0 Å². The predicted molar refractivity (Wildman–Crippen MR) is 126 cm³/mol. The van der Waals surface area contributed by atoms with E-state index in [4.69, 9.17) is 0 Å². The SMILES string of the molecule is CCC(c1cccc2ccccc12)N1CCC(C(=O)NCc2ccc(C)c(O)c2)CC1. The molecule has 1 unspecified atom stereocenters. The van der Waals surface area contributed by atoms with Gasteiger partial charge in [0.05, 0.1) is 0 Å². The third kappa shape index (κ3) is 4.75. The zero-order chi connectivity index (χ0) is 21.8. The number of nitrogens with zero attached hydrogens (tertiary/aromatic N) is 1. The molecule has 1 aliphatic heterocycles. The molecule has 162 valence electrons. The van der Waals surface area contributed by atoms with Crippen molar-refractivity contribution >= 4 is 16.7 Å². The number of aromatic hydroxyl groups is 1. The molecule has 2 N–H and O–H groups in total. The van der Waals surface area contributed by atoms with Gasteiger partial charge in [0.25, 0.3) is 0 Å². The van der Waals surface area contributed by atoms with Crippen molar-refractivity contribution in [1.82, 2.24) is 10.2 Å². The van der Waals surface area contributed by atoms with Crippen molar-refractivity contribution in [1.29, 1.82) is 0 Å². The normalized spacial score (nSPS) is 16.3. The molecular formula is C27H32N2O2. The monoisotopic (exact) mass is 416 g/mol. The highest BCUT2D eigenvalue weighted by molar-refractivity contribution is 5.86. The van der Waals surface area contributed by atoms with Crippen LogP contribution in [0.3, 0.4) is 0 Å². The molecule has 4 rings (SSSR count). The molecule has 1 aliphatic rings. The molecule has 0 radical (unpaired) electrons. The number of likely N-dealkylation sites (tertiary alicyclic amines) is 1. The van der Waals surface area contributed by atoms with Crippen molar-refractivity contribution in [3.63, 3.8) is 0 Å². The summed E-state index contributed by atoms with van der Waals surface area (Å²) < 4.78 is 0. The number of fused-ring (bicyclic) bond motifs is 1.